The van der Waals surface area contributed by atoms with E-state index in [1.807, 2.05) is 0 Å². The van der Waals surface area contributed by atoms with Gasteiger partial charge in [0.05, 0.1) is 11.9 Å². The van der Waals surface area contributed by atoms with Crippen molar-refractivity contribution in [3.05, 3.63) is 29.3 Å². The lowest BCUT2D eigenvalue weighted by atomic mass is 9.95. The molecule has 2 saturated carbocycles. The molecule has 1 aromatic rings. The van der Waals surface area contributed by atoms with Crippen LogP contribution in [0.2, 0.25) is 5.02 Å². The van der Waals surface area contributed by atoms with Crippen LogP contribution in [0.25, 0.3) is 0 Å². The first kappa shape index (κ1) is 17.5. The van der Waals surface area contributed by atoms with Gasteiger partial charge in [-0.1, -0.05) is 18.0 Å². The van der Waals surface area contributed by atoms with Gasteiger partial charge in [0.25, 0.3) is 0 Å². The first-order chi connectivity index (χ1) is 11.3. The number of halogens is 1. The second-order valence-electron chi connectivity index (χ2n) is 7.00. The van der Waals surface area contributed by atoms with Gasteiger partial charge in [-0.05, 0) is 62.3 Å². The average Bonchev–Trinajstić information content (AvgIpc) is 3.10. The van der Waals surface area contributed by atoms with E-state index >= 15 is 0 Å². The smallest absolute Gasteiger partial charge is 0.243 e. The quantitative estimate of drug-likeness (QED) is 0.866. The summed E-state index contributed by atoms with van der Waals surface area (Å²) in [4.78, 5) is 12.7. The van der Waals surface area contributed by atoms with E-state index in [1.165, 1.54) is 12.8 Å². The molecule has 1 N–H and O–H groups in total. The predicted molar refractivity (Wildman–Crippen MR) is 95.6 cm³/mol. The van der Waals surface area contributed by atoms with E-state index in [0.29, 0.717) is 16.6 Å². The molecule has 1 amide bonds. The monoisotopic (exact) mass is 370 g/mol. The van der Waals surface area contributed by atoms with Gasteiger partial charge >= 0.3 is 0 Å². The number of anilines is 1. The number of hydrogen-bond acceptors (Lipinski definition) is 3. The number of fused-ring (bicyclic) bond motifs is 2. The molecule has 0 heterocycles. The number of carbonyl (C=O) groups excluding carboxylic acids is 1. The summed E-state index contributed by atoms with van der Waals surface area (Å²) in [5, 5.41) is 3.59. The lowest BCUT2D eigenvalue weighted by Crippen LogP contribution is -2.51. The van der Waals surface area contributed by atoms with Crippen molar-refractivity contribution in [2.75, 3.05) is 10.6 Å². The summed E-state index contributed by atoms with van der Waals surface area (Å²) >= 11 is 5.87. The Bertz CT molecular complexity index is 720. The maximum Gasteiger partial charge on any atom is 0.243 e. The molecule has 132 valence electrons. The SMILES string of the molecule is C[C@H](C(=O)N[C@H]1C[C@H]2CC[C@H]1C2)N(c1ccc(Cl)cc1)S(C)(=O)=O. The van der Waals surface area contributed by atoms with Gasteiger partial charge in [-0.25, -0.2) is 8.42 Å². The number of nitrogens with one attached hydrogen (secondary N) is 1. The molecule has 0 spiro atoms. The van der Waals surface area contributed by atoms with Gasteiger partial charge in [0.2, 0.25) is 15.9 Å². The molecule has 24 heavy (non-hydrogen) atoms. The van der Waals surface area contributed by atoms with Gasteiger partial charge in [0.15, 0.2) is 0 Å². The van der Waals surface area contributed by atoms with Gasteiger partial charge in [-0.3, -0.25) is 9.10 Å². The third-order valence-electron chi connectivity index (χ3n) is 5.24. The van der Waals surface area contributed by atoms with Crippen molar-refractivity contribution in [1.29, 1.82) is 0 Å². The van der Waals surface area contributed by atoms with E-state index < -0.39 is 16.1 Å². The van der Waals surface area contributed by atoms with Crippen LogP contribution in [0, 0.1) is 11.8 Å². The Hall–Kier alpha value is -1.27. The molecule has 7 heteroatoms. The van der Waals surface area contributed by atoms with Crippen molar-refractivity contribution >= 4 is 33.2 Å². The van der Waals surface area contributed by atoms with Crippen LogP contribution >= 0.6 is 11.6 Å². The van der Waals surface area contributed by atoms with Gasteiger partial charge in [-0.15, -0.1) is 0 Å². The van der Waals surface area contributed by atoms with Gasteiger partial charge in [0.1, 0.15) is 6.04 Å². The summed E-state index contributed by atoms with van der Waals surface area (Å²) in [6.45, 7) is 1.62. The van der Waals surface area contributed by atoms with Crippen molar-refractivity contribution in [3.8, 4) is 0 Å². The van der Waals surface area contributed by atoms with E-state index in [-0.39, 0.29) is 11.9 Å². The van der Waals surface area contributed by atoms with E-state index in [1.54, 1.807) is 31.2 Å². The summed E-state index contributed by atoms with van der Waals surface area (Å²) in [5.74, 6) is 1.03. The number of nitrogens with zero attached hydrogens (tertiary/aromatic N) is 1. The first-order valence-electron chi connectivity index (χ1n) is 8.31. The molecule has 1 aromatic carbocycles. The number of hydrogen-bond donors (Lipinski definition) is 1. The maximum atomic E-state index is 12.7. The van der Waals surface area contributed by atoms with Crippen LogP contribution in [0.1, 0.15) is 32.6 Å². The molecular formula is C17H23ClN2O3S. The minimum absolute atomic E-state index is 0.185. The Morgan fingerprint density at radius 2 is 1.92 bits per heavy atom. The number of benzene rings is 1. The normalized spacial score (nSPS) is 27.0. The van der Waals surface area contributed by atoms with Crippen molar-refractivity contribution in [1.82, 2.24) is 5.32 Å². The molecule has 0 saturated heterocycles. The fraction of sp³-hybridized carbons (Fsp3) is 0.588. The van der Waals surface area contributed by atoms with Gasteiger partial charge < -0.3 is 5.32 Å². The Labute approximate surface area is 148 Å². The largest absolute Gasteiger partial charge is 0.351 e. The zero-order valence-corrected chi connectivity index (χ0v) is 15.5. The Morgan fingerprint density at radius 1 is 1.25 bits per heavy atom. The molecule has 0 aliphatic heterocycles. The second-order valence-corrected chi connectivity index (χ2v) is 9.30. The fourth-order valence-corrected chi connectivity index (χ4v) is 5.42. The summed E-state index contributed by atoms with van der Waals surface area (Å²) in [5.41, 5.74) is 0.442. The van der Waals surface area contributed by atoms with Crippen molar-refractivity contribution < 1.29 is 13.2 Å². The first-order valence-corrected chi connectivity index (χ1v) is 10.5. The van der Waals surface area contributed by atoms with Gasteiger partial charge in [-0.2, -0.15) is 0 Å². The molecule has 2 aliphatic carbocycles. The molecule has 2 fully saturated rings. The number of carbonyl (C=O) groups is 1. The standard InChI is InChI=1S/C17H23ClN2O3S/c1-11(17(21)19-16-10-12-3-4-13(16)9-12)20(24(2,22)23)15-7-5-14(18)6-8-15/h5-8,11-13,16H,3-4,9-10H2,1-2H3,(H,19,21)/t11-,12+,13+,16+/m1/s1. The molecule has 4 atom stereocenters. The van der Waals surface area contributed by atoms with E-state index in [0.717, 1.165) is 29.3 Å². The summed E-state index contributed by atoms with van der Waals surface area (Å²) in [7, 11) is -3.59. The van der Waals surface area contributed by atoms with E-state index in [4.69, 9.17) is 11.6 Å². The van der Waals surface area contributed by atoms with Crippen LogP contribution in [-0.2, 0) is 14.8 Å². The molecule has 0 aromatic heterocycles. The number of rotatable bonds is 5. The van der Waals surface area contributed by atoms with Crippen LogP contribution in [0.3, 0.4) is 0 Å². The van der Waals surface area contributed by atoms with Crippen LogP contribution < -0.4 is 9.62 Å². The van der Waals surface area contributed by atoms with Crippen LogP contribution in [0.4, 0.5) is 5.69 Å². The molecule has 0 radical (unpaired) electrons. The lowest BCUT2D eigenvalue weighted by Gasteiger charge is -2.31. The Morgan fingerprint density at radius 3 is 2.42 bits per heavy atom. The minimum Gasteiger partial charge on any atom is -0.351 e. The predicted octanol–water partition coefficient (Wildman–Crippen LogP) is 2.80. The minimum atomic E-state index is -3.59. The Balaban J connectivity index is 1.77. The molecular weight excluding hydrogens is 348 g/mol. The highest BCUT2D eigenvalue weighted by Gasteiger charge is 2.41. The molecule has 2 bridgehead atoms. The summed E-state index contributed by atoms with van der Waals surface area (Å²) in [6, 6.07) is 5.85. The molecule has 2 aliphatic rings. The average molecular weight is 371 g/mol. The van der Waals surface area contributed by atoms with Crippen molar-refractivity contribution in [2.45, 2.75) is 44.7 Å². The van der Waals surface area contributed by atoms with Crippen molar-refractivity contribution in [3.63, 3.8) is 0 Å². The highest BCUT2D eigenvalue weighted by atomic mass is 35.5. The van der Waals surface area contributed by atoms with Crippen LogP contribution in [0.15, 0.2) is 24.3 Å². The zero-order valence-electron chi connectivity index (χ0n) is 13.9. The van der Waals surface area contributed by atoms with Crippen LogP contribution in [0.5, 0.6) is 0 Å². The van der Waals surface area contributed by atoms with Crippen molar-refractivity contribution in [2.24, 2.45) is 11.8 Å². The third-order valence-corrected chi connectivity index (χ3v) is 6.73. The topological polar surface area (TPSA) is 66.5 Å². The van der Waals surface area contributed by atoms with E-state index in [2.05, 4.69) is 5.32 Å². The second kappa shape index (κ2) is 6.56. The molecule has 5 nitrogen and oxygen atoms in total. The Kier molecular flexibility index (Phi) is 4.80. The molecule has 0 unspecified atom stereocenters. The maximum absolute atomic E-state index is 12.7. The van der Waals surface area contributed by atoms with Gasteiger partial charge in [0, 0.05) is 11.1 Å². The van der Waals surface area contributed by atoms with E-state index in [9.17, 15) is 13.2 Å². The lowest BCUT2D eigenvalue weighted by molar-refractivity contribution is -0.122. The van der Waals surface area contributed by atoms with Crippen LogP contribution in [-0.4, -0.2) is 32.7 Å². The summed E-state index contributed by atoms with van der Waals surface area (Å²) < 4.78 is 25.6. The molecule has 3 rings (SSSR count). The number of amides is 1. The highest BCUT2D eigenvalue weighted by molar-refractivity contribution is 7.92. The summed E-state index contributed by atoms with van der Waals surface area (Å²) in [6.07, 6.45) is 5.74. The third kappa shape index (κ3) is 3.54. The number of sulfonamides is 1. The highest BCUT2D eigenvalue weighted by Crippen LogP contribution is 2.44. The fourth-order valence-electron chi connectivity index (χ4n) is 4.12. The zero-order chi connectivity index (χ0) is 17.5.